The van der Waals surface area contributed by atoms with Gasteiger partial charge in [-0.05, 0) is 49.8 Å². The average Bonchev–Trinajstić information content (AvgIpc) is 3.54. The van der Waals surface area contributed by atoms with Crippen molar-refractivity contribution < 1.29 is 23.9 Å². The van der Waals surface area contributed by atoms with Crippen molar-refractivity contribution in [3.63, 3.8) is 0 Å². The molecule has 0 spiro atoms. The number of nitrogens with zero attached hydrogens (tertiary/aromatic N) is 2. The lowest BCUT2D eigenvalue weighted by Crippen LogP contribution is -2.40. The number of rotatable bonds is 5. The number of fused-ring (bicyclic) bond motifs is 4. The van der Waals surface area contributed by atoms with Gasteiger partial charge in [0.2, 0.25) is 17.7 Å². The molecular formula is C27H39N3O5. The van der Waals surface area contributed by atoms with E-state index in [1.165, 1.54) is 12.8 Å². The number of ether oxygens (including phenoxy) is 2. The van der Waals surface area contributed by atoms with E-state index in [4.69, 9.17) is 9.47 Å². The van der Waals surface area contributed by atoms with Crippen LogP contribution in [0.15, 0.2) is 24.3 Å². The first-order valence-electron chi connectivity index (χ1n) is 13.2. The minimum atomic E-state index is -0.334. The standard InChI is InChI=1S/C27H39N3O5/c1-2-34-19-26(32)30-17-23-21-9-5-10-22(16-21)35-14-13-29(25(31)15-20-7-3-4-8-20)12-6-11-28-27(33)24(23)18-30/h5,9-10,16,20,23-24H,2-4,6-8,11-15,17-19H2,1H3,(H,28,33)/t23-,24+/m1/s1. The zero-order chi connectivity index (χ0) is 24.6. The van der Waals surface area contributed by atoms with Crippen LogP contribution in [-0.4, -0.2) is 80.1 Å². The summed E-state index contributed by atoms with van der Waals surface area (Å²) in [6.45, 7) is 5.30. The third kappa shape index (κ3) is 6.75. The van der Waals surface area contributed by atoms with Crippen LogP contribution in [0.5, 0.6) is 5.75 Å². The zero-order valence-electron chi connectivity index (χ0n) is 20.9. The van der Waals surface area contributed by atoms with Crippen molar-refractivity contribution in [1.29, 1.82) is 0 Å². The number of likely N-dealkylation sites (tertiary alicyclic amines) is 1. The smallest absolute Gasteiger partial charge is 0.248 e. The summed E-state index contributed by atoms with van der Waals surface area (Å²) in [5.74, 6) is 0.840. The highest BCUT2D eigenvalue weighted by Crippen LogP contribution is 2.35. The maximum absolute atomic E-state index is 13.2. The maximum atomic E-state index is 13.2. The van der Waals surface area contributed by atoms with Crippen LogP contribution >= 0.6 is 0 Å². The molecule has 3 aliphatic rings. The summed E-state index contributed by atoms with van der Waals surface area (Å²) < 4.78 is 11.4. The minimum Gasteiger partial charge on any atom is -0.492 e. The Hall–Kier alpha value is -2.61. The highest BCUT2D eigenvalue weighted by molar-refractivity contribution is 5.84. The van der Waals surface area contributed by atoms with Gasteiger partial charge >= 0.3 is 0 Å². The summed E-state index contributed by atoms with van der Waals surface area (Å²) in [6.07, 6.45) is 6.03. The Labute approximate surface area is 208 Å². The van der Waals surface area contributed by atoms with E-state index in [0.717, 1.165) is 24.2 Å². The molecular weight excluding hydrogens is 446 g/mol. The van der Waals surface area contributed by atoms with E-state index in [1.54, 1.807) is 4.90 Å². The van der Waals surface area contributed by atoms with Crippen molar-refractivity contribution in [2.24, 2.45) is 11.8 Å². The van der Waals surface area contributed by atoms with Crippen LogP contribution in [0.3, 0.4) is 0 Å². The average molecular weight is 486 g/mol. The lowest BCUT2D eigenvalue weighted by Gasteiger charge is -2.25. The van der Waals surface area contributed by atoms with Crippen molar-refractivity contribution in [3.05, 3.63) is 29.8 Å². The molecule has 8 nitrogen and oxygen atoms in total. The number of nitrogens with one attached hydrogen (secondary N) is 1. The van der Waals surface area contributed by atoms with Gasteiger partial charge in [0.05, 0.1) is 12.5 Å². The van der Waals surface area contributed by atoms with Crippen molar-refractivity contribution >= 4 is 17.7 Å². The van der Waals surface area contributed by atoms with E-state index in [9.17, 15) is 14.4 Å². The molecule has 1 saturated heterocycles. The molecule has 2 fully saturated rings. The molecule has 0 radical (unpaired) electrons. The normalized spacial score (nSPS) is 23.9. The third-order valence-electron chi connectivity index (χ3n) is 7.55. The minimum absolute atomic E-state index is 0.0332. The van der Waals surface area contributed by atoms with Gasteiger partial charge < -0.3 is 24.6 Å². The number of benzene rings is 1. The summed E-state index contributed by atoms with van der Waals surface area (Å²) in [5, 5.41) is 3.07. The lowest BCUT2D eigenvalue weighted by atomic mass is 9.88. The Kier molecular flexibility index (Phi) is 9.01. The van der Waals surface area contributed by atoms with Gasteiger partial charge in [-0.1, -0.05) is 25.0 Å². The second-order valence-electron chi connectivity index (χ2n) is 9.95. The fourth-order valence-electron chi connectivity index (χ4n) is 5.56. The van der Waals surface area contributed by atoms with Crippen LogP contribution in [0, 0.1) is 11.8 Å². The molecule has 8 heteroatoms. The quantitative estimate of drug-likeness (QED) is 0.693. The van der Waals surface area contributed by atoms with Crippen LogP contribution in [0.4, 0.5) is 0 Å². The molecule has 2 bridgehead atoms. The van der Waals surface area contributed by atoms with Gasteiger partial charge in [-0.15, -0.1) is 0 Å². The summed E-state index contributed by atoms with van der Waals surface area (Å²) in [4.78, 5) is 42.4. The number of hydrogen-bond donors (Lipinski definition) is 1. The highest BCUT2D eigenvalue weighted by atomic mass is 16.5. The molecule has 1 N–H and O–H groups in total. The van der Waals surface area contributed by atoms with Gasteiger partial charge in [-0.2, -0.15) is 0 Å². The SMILES string of the molecule is CCOCC(=O)N1C[C@@H]2C(=O)NCCCN(C(=O)CC3CCCC3)CCOc3cccc(c3)[C@H]2C1. The molecule has 1 aliphatic carbocycles. The summed E-state index contributed by atoms with van der Waals surface area (Å²) in [5.41, 5.74) is 0.987. The first-order valence-corrected chi connectivity index (χ1v) is 13.2. The van der Waals surface area contributed by atoms with Gasteiger partial charge in [0, 0.05) is 45.1 Å². The van der Waals surface area contributed by atoms with Gasteiger partial charge in [-0.25, -0.2) is 0 Å². The largest absolute Gasteiger partial charge is 0.492 e. The summed E-state index contributed by atoms with van der Waals surface area (Å²) in [6, 6.07) is 7.80. The van der Waals surface area contributed by atoms with Gasteiger partial charge in [-0.3, -0.25) is 14.4 Å². The van der Waals surface area contributed by atoms with E-state index < -0.39 is 0 Å². The first-order chi connectivity index (χ1) is 17.0. The topological polar surface area (TPSA) is 88.2 Å². The monoisotopic (exact) mass is 485 g/mol. The number of amides is 3. The van der Waals surface area contributed by atoms with E-state index in [0.29, 0.717) is 64.7 Å². The van der Waals surface area contributed by atoms with Crippen molar-refractivity contribution in [1.82, 2.24) is 15.1 Å². The second kappa shape index (κ2) is 12.4. The van der Waals surface area contributed by atoms with Crippen LogP contribution < -0.4 is 10.1 Å². The lowest BCUT2D eigenvalue weighted by molar-refractivity contribution is -0.135. The molecule has 2 aliphatic heterocycles. The fourth-order valence-corrected chi connectivity index (χ4v) is 5.56. The van der Waals surface area contributed by atoms with Gasteiger partial charge in [0.15, 0.2) is 0 Å². The molecule has 4 rings (SSSR count). The Morgan fingerprint density at radius 1 is 1.06 bits per heavy atom. The van der Waals surface area contributed by atoms with Gasteiger partial charge in [0.25, 0.3) is 0 Å². The fraction of sp³-hybridized carbons (Fsp3) is 0.667. The molecule has 1 aromatic rings. The van der Waals surface area contributed by atoms with Crippen LogP contribution in [0.25, 0.3) is 0 Å². The van der Waals surface area contributed by atoms with E-state index >= 15 is 0 Å². The second-order valence-corrected chi connectivity index (χ2v) is 9.95. The Bertz CT molecular complexity index is 885. The molecule has 192 valence electrons. The zero-order valence-corrected chi connectivity index (χ0v) is 20.9. The molecule has 0 unspecified atom stereocenters. The van der Waals surface area contributed by atoms with E-state index in [1.807, 2.05) is 36.1 Å². The van der Waals surface area contributed by atoms with Crippen molar-refractivity contribution in [2.75, 3.05) is 52.5 Å². The Morgan fingerprint density at radius 2 is 1.86 bits per heavy atom. The predicted octanol–water partition coefficient (Wildman–Crippen LogP) is 2.57. The van der Waals surface area contributed by atoms with E-state index in [-0.39, 0.29) is 36.2 Å². The van der Waals surface area contributed by atoms with Crippen LogP contribution in [-0.2, 0) is 19.1 Å². The summed E-state index contributed by atoms with van der Waals surface area (Å²) in [7, 11) is 0. The number of carbonyl (C=O) groups excluding carboxylic acids is 3. The maximum Gasteiger partial charge on any atom is 0.248 e. The number of hydrogen-bond acceptors (Lipinski definition) is 5. The van der Waals surface area contributed by atoms with Crippen LogP contribution in [0.1, 0.15) is 56.9 Å². The summed E-state index contributed by atoms with van der Waals surface area (Å²) >= 11 is 0. The molecule has 1 saturated carbocycles. The molecule has 35 heavy (non-hydrogen) atoms. The Balaban J connectivity index is 1.46. The highest BCUT2D eigenvalue weighted by Gasteiger charge is 2.40. The van der Waals surface area contributed by atoms with Crippen LogP contribution in [0.2, 0.25) is 0 Å². The Morgan fingerprint density at radius 3 is 2.66 bits per heavy atom. The van der Waals surface area contributed by atoms with Gasteiger partial charge in [0.1, 0.15) is 19.0 Å². The van der Waals surface area contributed by atoms with Crippen molar-refractivity contribution in [3.8, 4) is 5.75 Å². The molecule has 3 amide bonds. The first kappa shape index (κ1) is 25.5. The third-order valence-corrected chi connectivity index (χ3v) is 7.55. The molecule has 2 heterocycles. The predicted molar refractivity (Wildman–Crippen MR) is 132 cm³/mol. The molecule has 2 atom stereocenters. The molecule has 1 aromatic carbocycles. The van der Waals surface area contributed by atoms with Crippen molar-refractivity contribution in [2.45, 2.75) is 51.4 Å². The number of carbonyl (C=O) groups is 3. The van der Waals surface area contributed by atoms with E-state index in [2.05, 4.69) is 5.32 Å². The molecule has 0 aromatic heterocycles.